The van der Waals surface area contributed by atoms with Gasteiger partial charge in [-0.1, -0.05) is 25.1 Å². The fourth-order valence-electron chi connectivity index (χ4n) is 2.70. The van der Waals surface area contributed by atoms with Gasteiger partial charge < -0.3 is 4.42 Å². The molecule has 106 valence electrons. The van der Waals surface area contributed by atoms with Gasteiger partial charge in [0.2, 0.25) is 0 Å². The van der Waals surface area contributed by atoms with Crippen LogP contribution in [0.5, 0.6) is 0 Å². The summed E-state index contributed by atoms with van der Waals surface area (Å²) in [6, 6.07) is 7.73. The number of hydrogen-bond donors (Lipinski definition) is 0. The van der Waals surface area contributed by atoms with Crippen molar-refractivity contribution in [1.82, 2.24) is 4.90 Å². The van der Waals surface area contributed by atoms with Gasteiger partial charge in [-0.05, 0) is 37.8 Å². The number of ketones is 1. The molecule has 20 heavy (non-hydrogen) atoms. The van der Waals surface area contributed by atoms with Crippen LogP contribution in [-0.4, -0.2) is 30.3 Å². The minimum absolute atomic E-state index is 0.170. The van der Waals surface area contributed by atoms with Crippen LogP contribution in [0.2, 0.25) is 0 Å². The first-order valence-electron chi connectivity index (χ1n) is 7.49. The maximum atomic E-state index is 12.5. The first kappa shape index (κ1) is 13.4. The number of fused-ring (bicyclic) bond motifs is 1. The van der Waals surface area contributed by atoms with E-state index >= 15 is 0 Å². The molecule has 0 aliphatic heterocycles. The van der Waals surface area contributed by atoms with Gasteiger partial charge >= 0.3 is 0 Å². The van der Waals surface area contributed by atoms with E-state index in [1.165, 1.54) is 12.8 Å². The molecule has 0 spiro atoms. The second-order valence-corrected chi connectivity index (χ2v) is 5.75. The zero-order chi connectivity index (χ0) is 13.9. The van der Waals surface area contributed by atoms with Crippen LogP contribution in [0.15, 0.2) is 34.9 Å². The lowest BCUT2D eigenvalue weighted by Crippen LogP contribution is -2.32. The molecule has 1 heterocycles. The predicted molar refractivity (Wildman–Crippen MR) is 80.0 cm³/mol. The standard InChI is InChI=1S/C17H21NO2/c1-2-9-18(10-13-7-8-13)11-16(19)15-12-20-17-6-4-3-5-14(15)17/h3-6,12-13H,2,7-11H2,1H3. The Balaban J connectivity index is 1.73. The Kier molecular flexibility index (Phi) is 3.88. The van der Waals surface area contributed by atoms with Crippen LogP contribution in [0.3, 0.4) is 0 Å². The lowest BCUT2D eigenvalue weighted by molar-refractivity contribution is 0.0928. The predicted octanol–water partition coefficient (Wildman–Crippen LogP) is 3.74. The van der Waals surface area contributed by atoms with Crippen LogP contribution in [0.25, 0.3) is 11.0 Å². The zero-order valence-corrected chi connectivity index (χ0v) is 12.0. The summed E-state index contributed by atoms with van der Waals surface area (Å²) in [4.78, 5) is 14.8. The molecule has 0 unspecified atom stereocenters. The SMILES string of the molecule is CCCN(CC(=O)c1coc2ccccc12)CC1CC1. The Hall–Kier alpha value is -1.61. The van der Waals surface area contributed by atoms with Crippen LogP contribution in [0.1, 0.15) is 36.5 Å². The molecule has 2 aromatic rings. The summed E-state index contributed by atoms with van der Waals surface area (Å²) in [7, 11) is 0. The van der Waals surface area contributed by atoms with E-state index < -0.39 is 0 Å². The lowest BCUT2D eigenvalue weighted by Gasteiger charge is -2.20. The second kappa shape index (κ2) is 5.80. The van der Waals surface area contributed by atoms with Crippen molar-refractivity contribution >= 4 is 16.8 Å². The zero-order valence-electron chi connectivity index (χ0n) is 12.0. The lowest BCUT2D eigenvalue weighted by atomic mass is 10.1. The third-order valence-electron chi connectivity index (χ3n) is 3.90. The Bertz CT molecular complexity index is 598. The molecular weight excluding hydrogens is 250 g/mol. The van der Waals surface area contributed by atoms with Gasteiger partial charge in [-0.15, -0.1) is 0 Å². The van der Waals surface area contributed by atoms with E-state index in [0.29, 0.717) is 6.54 Å². The minimum atomic E-state index is 0.170. The molecule has 0 N–H and O–H groups in total. The molecule has 1 aromatic heterocycles. The fraction of sp³-hybridized carbons (Fsp3) is 0.471. The van der Waals surface area contributed by atoms with Gasteiger partial charge in [-0.25, -0.2) is 0 Å². The molecule has 3 heteroatoms. The molecule has 1 aromatic carbocycles. The summed E-state index contributed by atoms with van der Waals surface area (Å²) in [6.45, 7) is 4.73. The first-order chi connectivity index (χ1) is 9.78. The molecule has 0 radical (unpaired) electrons. The highest BCUT2D eigenvalue weighted by molar-refractivity contribution is 6.08. The average molecular weight is 271 g/mol. The Morgan fingerprint density at radius 1 is 1.35 bits per heavy atom. The summed E-state index contributed by atoms with van der Waals surface area (Å²) < 4.78 is 5.47. The van der Waals surface area contributed by atoms with Gasteiger partial charge in [0, 0.05) is 11.9 Å². The maximum absolute atomic E-state index is 12.5. The summed E-state index contributed by atoms with van der Waals surface area (Å²) in [5.41, 5.74) is 1.51. The Labute approximate surface area is 119 Å². The Morgan fingerprint density at radius 2 is 2.15 bits per heavy atom. The number of hydrogen-bond acceptors (Lipinski definition) is 3. The van der Waals surface area contributed by atoms with Gasteiger partial charge in [0.15, 0.2) is 5.78 Å². The van der Waals surface area contributed by atoms with Crippen molar-refractivity contribution in [3.8, 4) is 0 Å². The average Bonchev–Trinajstić information content (AvgIpc) is 3.15. The molecule has 1 saturated carbocycles. The number of benzene rings is 1. The van der Waals surface area contributed by atoms with E-state index in [0.717, 1.165) is 42.0 Å². The highest BCUT2D eigenvalue weighted by atomic mass is 16.3. The van der Waals surface area contributed by atoms with Crippen LogP contribution >= 0.6 is 0 Å². The summed E-state index contributed by atoms with van der Waals surface area (Å²) in [5.74, 6) is 0.986. The molecule has 3 rings (SSSR count). The number of furan rings is 1. The number of Topliss-reactive ketones (excluding diaryl/α,β-unsaturated/α-hetero) is 1. The van der Waals surface area contributed by atoms with E-state index in [1.54, 1.807) is 6.26 Å². The topological polar surface area (TPSA) is 33.5 Å². The second-order valence-electron chi connectivity index (χ2n) is 5.75. The first-order valence-corrected chi connectivity index (χ1v) is 7.49. The van der Waals surface area contributed by atoms with Crippen molar-refractivity contribution in [3.05, 3.63) is 36.1 Å². The minimum Gasteiger partial charge on any atom is -0.464 e. The maximum Gasteiger partial charge on any atom is 0.180 e. The summed E-state index contributed by atoms with van der Waals surface area (Å²) >= 11 is 0. The van der Waals surface area contributed by atoms with Crippen molar-refractivity contribution in [2.45, 2.75) is 26.2 Å². The number of para-hydroxylation sites is 1. The molecule has 1 aliphatic rings. The van der Waals surface area contributed by atoms with E-state index in [1.807, 2.05) is 24.3 Å². The van der Waals surface area contributed by atoms with Crippen LogP contribution < -0.4 is 0 Å². The summed E-state index contributed by atoms with van der Waals surface area (Å²) in [6.07, 6.45) is 5.34. The number of nitrogens with zero attached hydrogens (tertiary/aromatic N) is 1. The monoisotopic (exact) mass is 271 g/mol. The quantitative estimate of drug-likeness (QED) is 0.719. The molecule has 0 bridgehead atoms. The number of rotatable bonds is 7. The summed E-state index contributed by atoms with van der Waals surface area (Å²) in [5, 5.41) is 0.931. The van der Waals surface area contributed by atoms with Crippen LogP contribution in [0.4, 0.5) is 0 Å². The van der Waals surface area contributed by atoms with Crippen molar-refractivity contribution < 1.29 is 9.21 Å². The highest BCUT2D eigenvalue weighted by Gasteiger charge is 2.25. The van der Waals surface area contributed by atoms with Gasteiger partial charge in [0.1, 0.15) is 11.8 Å². The van der Waals surface area contributed by atoms with Crippen molar-refractivity contribution in [2.24, 2.45) is 5.92 Å². The van der Waals surface area contributed by atoms with E-state index in [2.05, 4.69) is 11.8 Å². The van der Waals surface area contributed by atoms with Gasteiger partial charge in [0.25, 0.3) is 0 Å². The molecule has 0 atom stereocenters. The molecule has 1 aliphatic carbocycles. The van der Waals surface area contributed by atoms with Gasteiger partial charge in [-0.3, -0.25) is 9.69 Å². The third kappa shape index (κ3) is 2.93. The number of carbonyl (C=O) groups excluding carboxylic acids is 1. The third-order valence-corrected chi connectivity index (χ3v) is 3.90. The molecular formula is C17H21NO2. The van der Waals surface area contributed by atoms with Crippen molar-refractivity contribution in [1.29, 1.82) is 0 Å². The van der Waals surface area contributed by atoms with E-state index in [4.69, 9.17) is 4.42 Å². The van der Waals surface area contributed by atoms with Crippen molar-refractivity contribution in [3.63, 3.8) is 0 Å². The smallest absolute Gasteiger partial charge is 0.180 e. The molecule has 3 nitrogen and oxygen atoms in total. The largest absolute Gasteiger partial charge is 0.464 e. The molecule has 0 amide bonds. The van der Waals surface area contributed by atoms with Crippen molar-refractivity contribution in [2.75, 3.05) is 19.6 Å². The molecule has 0 saturated heterocycles. The van der Waals surface area contributed by atoms with Gasteiger partial charge in [0.05, 0.1) is 12.1 Å². The highest BCUT2D eigenvalue weighted by Crippen LogP contribution is 2.30. The van der Waals surface area contributed by atoms with Crippen LogP contribution in [0, 0.1) is 5.92 Å². The normalized spacial score (nSPS) is 15.1. The Morgan fingerprint density at radius 3 is 2.90 bits per heavy atom. The van der Waals surface area contributed by atoms with E-state index in [-0.39, 0.29) is 5.78 Å². The van der Waals surface area contributed by atoms with Crippen LogP contribution in [-0.2, 0) is 0 Å². The van der Waals surface area contributed by atoms with E-state index in [9.17, 15) is 4.79 Å². The fourth-order valence-corrected chi connectivity index (χ4v) is 2.70. The molecule has 1 fully saturated rings. The number of carbonyl (C=O) groups is 1. The van der Waals surface area contributed by atoms with Gasteiger partial charge in [-0.2, -0.15) is 0 Å².